The molecule has 0 aromatic heterocycles. The first-order chi connectivity index (χ1) is 12.8. The number of carboxylic acid groups (broad SMARTS) is 3. The van der Waals surface area contributed by atoms with E-state index in [1.165, 1.54) is 0 Å². The number of hydrogen-bond donors (Lipinski definition) is 3. The predicted molar refractivity (Wildman–Crippen MR) is 99.3 cm³/mol. The van der Waals surface area contributed by atoms with E-state index in [2.05, 4.69) is 6.58 Å². The van der Waals surface area contributed by atoms with E-state index in [0.29, 0.717) is 19.3 Å². The van der Waals surface area contributed by atoms with Crippen molar-refractivity contribution in [2.45, 2.75) is 44.9 Å². The van der Waals surface area contributed by atoms with E-state index < -0.39 is 34.7 Å². The van der Waals surface area contributed by atoms with Crippen LogP contribution in [-0.4, -0.2) is 33.2 Å². The standard InChI is InChI=1S/C21H26O6/c1-2-7-16-10-6-12-20(18(24)25,14-15-8-4-3-5-9-15)21(16,19(26)27)13-11-17(22)23/h2-5,8-9,16H,1,6-7,10-14H2,(H,22,23)(H,24,25)(H,26,27)/t16?,20-,21-/m1/s1. The fraction of sp³-hybridized carbons (Fsp3) is 0.476. The predicted octanol–water partition coefficient (Wildman–Crippen LogP) is 3.61. The number of carboxylic acids is 3. The SMILES string of the molecule is C=CCC1CCC[C@@](Cc2ccccc2)(C(=O)O)[C@@]1(CCC(=O)O)C(=O)O. The Balaban J connectivity index is 2.66. The summed E-state index contributed by atoms with van der Waals surface area (Å²) in [6, 6.07) is 8.95. The van der Waals surface area contributed by atoms with Gasteiger partial charge in [-0.15, -0.1) is 6.58 Å². The summed E-state index contributed by atoms with van der Waals surface area (Å²) in [6.45, 7) is 3.69. The van der Waals surface area contributed by atoms with Gasteiger partial charge in [-0.05, 0) is 43.6 Å². The van der Waals surface area contributed by atoms with Crippen molar-refractivity contribution in [3.63, 3.8) is 0 Å². The van der Waals surface area contributed by atoms with E-state index in [1.807, 2.05) is 6.07 Å². The molecule has 146 valence electrons. The first-order valence-corrected chi connectivity index (χ1v) is 9.13. The molecule has 3 atom stereocenters. The average Bonchev–Trinajstić information content (AvgIpc) is 2.61. The smallest absolute Gasteiger partial charge is 0.311 e. The summed E-state index contributed by atoms with van der Waals surface area (Å²) >= 11 is 0. The maximum atomic E-state index is 12.6. The molecule has 0 aliphatic heterocycles. The molecule has 0 saturated heterocycles. The highest BCUT2D eigenvalue weighted by Gasteiger charge is 2.65. The van der Waals surface area contributed by atoms with Crippen LogP contribution in [0.1, 0.15) is 44.1 Å². The van der Waals surface area contributed by atoms with E-state index >= 15 is 0 Å². The molecule has 6 nitrogen and oxygen atoms in total. The topological polar surface area (TPSA) is 112 Å². The van der Waals surface area contributed by atoms with E-state index in [1.54, 1.807) is 30.3 Å². The van der Waals surface area contributed by atoms with Gasteiger partial charge in [0.2, 0.25) is 0 Å². The molecule has 2 rings (SSSR count). The van der Waals surface area contributed by atoms with Crippen molar-refractivity contribution < 1.29 is 29.7 Å². The van der Waals surface area contributed by atoms with Gasteiger partial charge >= 0.3 is 17.9 Å². The lowest BCUT2D eigenvalue weighted by Crippen LogP contribution is -2.60. The van der Waals surface area contributed by atoms with Crippen molar-refractivity contribution in [3.8, 4) is 0 Å². The summed E-state index contributed by atoms with van der Waals surface area (Å²) in [5.41, 5.74) is -2.50. The Kier molecular flexibility index (Phi) is 6.41. The van der Waals surface area contributed by atoms with Crippen LogP contribution in [0.25, 0.3) is 0 Å². The van der Waals surface area contributed by atoms with Crippen LogP contribution in [-0.2, 0) is 20.8 Å². The highest BCUT2D eigenvalue weighted by atomic mass is 16.4. The van der Waals surface area contributed by atoms with Crippen molar-refractivity contribution in [1.29, 1.82) is 0 Å². The number of benzene rings is 1. The Hall–Kier alpha value is -2.63. The monoisotopic (exact) mass is 374 g/mol. The third-order valence-electron chi connectivity index (χ3n) is 6.03. The van der Waals surface area contributed by atoms with Crippen molar-refractivity contribution in [2.24, 2.45) is 16.7 Å². The zero-order chi connectivity index (χ0) is 20.1. The first-order valence-electron chi connectivity index (χ1n) is 9.13. The summed E-state index contributed by atoms with van der Waals surface area (Å²) in [5.74, 6) is -4.00. The van der Waals surface area contributed by atoms with Crippen LogP contribution in [0.4, 0.5) is 0 Å². The second-order valence-corrected chi connectivity index (χ2v) is 7.33. The number of carbonyl (C=O) groups is 3. The second kappa shape index (κ2) is 8.37. The number of rotatable bonds is 9. The molecule has 0 amide bonds. The van der Waals surface area contributed by atoms with Crippen molar-refractivity contribution in [2.75, 3.05) is 0 Å². The quantitative estimate of drug-likeness (QED) is 0.569. The summed E-state index contributed by atoms with van der Waals surface area (Å²) in [6.07, 6.45) is 2.74. The first kappa shape index (κ1) is 20.7. The highest BCUT2D eigenvalue weighted by Crippen LogP contribution is 2.59. The highest BCUT2D eigenvalue weighted by molar-refractivity contribution is 5.88. The van der Waals surface area contributed by atoms with E-state index in [9.17, 15) is 29.7 Å². The third kappa shape index (κ3) is 3.75. The van der Waals surface area contributed by atoms with Gasteiger partial charge in [-0.1, -0.05) is 42.8 Å². The van der Waals surface area contributed by atoms with Crippen molar-refractivity contribution in [3.05, 3.63) is 48.6 Å². The number of aliphatic carboxylic acids is 3. The molecule has 0 spiro atoms. The molecule has 0 bridgehead atoms. The van der Waals surface area contributed by atoms with Crippen LogP contribution in [0.15, 0.2) is 43.0 Å². The Morgan fingerprint density at radius 1 is 1.11 bits per heavy atom. The van der Waals surface area contributed by atoms with Gasteiger partial charge in [0.15, 0.2) is 0 Å². The van der Waals surface area contributed by atoms with Crippen LogP contribution in [0.5, 0.6) is 0 Å². The zero-order valence-electron chi connectivity index (χ0n) is 15.3. The van der Waals surface area contributed by atoms with Gasteiger partial charge in [0.05, 0.1) is 10.8 Å². The van der Waals surface area contributed by atoms with Gasteiger partial charge < -0.3 is 15.3 Å². The zero-order valence-corrected chi connectivity index (χ0v) is 15.3. The lowest BCUT2D eigenvalue weighted by Gasteiger charge is -2.53. The van der Waals surface area contributed by atoms with E-state index in [4.69, 9.17) is 0 Å². The van der Waals surface area contributed by atoms with Gasteiger partial charge in [-0.25, -0.2) is 0 Å². The van der Waals surface area contributed by atoms with Crippen LogP contribution < -0.4 is 0 Å². The maximum absolute atomic E-state index is 12.6. The van der Waals surface area contributed by atoms with Gasteiger partial charge in [0, 0.05) is 6.42 Å². The number of allylic oxidation sites excluding steroid dienone is 1. The molecule has 1 aliphatic rings. The molecular weight excluding hydrogens is 348 g/mol. The molecule has 1 aliphatic carbocycles. The molecule has 1 aromatic carbocycles. The third-order valence-corrected chi connectivity index (χ3v) is 6.03. The number of hydrogen-bond acceptors (Lipinski definition) is 3. The largest absolute Gasteiger partial charge is 0.481 e. The van der Waals surface area contributed by atoms with Gasteiger partial charge in [-0.3, -0.25) is 14.4 Å². The normalized spacial score (nSPS) is 27.6. The Labute approximate surface area is 158 Å². The van der Waals surface area contributed by atoms with Gasteiger partial charge in [0.25, 0.3) is 0 Å². The minimum atomic E-state index is -1.67. The molecule has 3 N–H and O–H groups in total. The molecule has 0 heterocycles. The maximum Gasteiger partial charge on any atom is 0.311 e. The van der Waals surface area contributed by atoms with Crippen LogP contribution in [0.2, 0.25) is 0 Å². The fourth-order valence-corrected chi connectivity index (χ4v) is 4.83. The molecule has 1 saturated carbocycles. The Morgan fingerprint density at radius 2 is 1.78 bits per heavy atom. The summed E-state index contributed by atoms with van der Waals surface area (Å²) in [4.78, 5) is 36.4. The van der Waals surface area contributed by atoms with Crippen molar-refractivity contribution >= 4 is 17.9 Å². The lowest BCUT2D eigenvalue weighted by atomic mass is 9.47. The average molecular weight is 374 g/mol. The van der Waals surface area contributed by atoms with Gasteiger partial charge in [0.1, 0.15) is 0 Å². The molecule has 27 heavy (non-hydrogen) atoms. The Bertz CT molecular complexity index is 713. The summed E-state index contributed by atoms with van der Waals surface area (Å²) < 4.78 is 0. The van der Waals surface area contributed by atoms with Crippen LogP contribution in [0.3, 0.4) is 0 Å². The lowest BCUT2D eigenvalue weighted by molar-refractivity contribution is -0.189. The molecular formula is C21H26O6. The van der Waals surface area contributed by atoms with Crippen LogP contribution in [0, 0.1) is 16.7 Å². The summed E-state index contributed by atoms with van der Waals surface area (Å²) in [7, 11) is 0. The van der Waals surface area contributed by atoms with E-state index in [0.717, 1.165) is 5.56 Å². The molecule has 1 fully saturated rings. The molecule has 1 unspecified atom stereocenters. The second-order valence-electron chi connectivity index (χ2n) is 7.33. The molecule has 1 aromatic rings. The fourth-order valence-electron chi connectivity index (χ4n) is 4.83. The minimum absolute atomic E-state index is 0.0583. The van der Waals surface area contributed by atoms with Gasteiger partial charge in [-0.2, -0.15) is 0 Å². The molecule has 6 heteroatoms. The van der Waals surface area contributed by atoms with Crippen LogP contribution >= 0.6 is 0 Å². The van der Waals surface area contributed by atoms with Crippen molar-refractivity contribution in [1.82, 2.24) is 0 Å². The van der Waals surface area contributed by atoms with E-state index in [-0.39, 0.29) is 25.7 Å². The summed E-state index contributed by atoms with van der Waals surface area (Å²) in [5, 5.41) is 29.7. The minimum Gasteiger partial charge on any atom is -0.481 e. The molecule has 0 radical (unpaired) electrons. The Morgan fingerprint density at radius 3 is 2.30 bits per heavy atom.